The highest BCUT2D eigenvalue weighted by molar-refractivity contribution is 9.10. The van der Waals surface area contributed by atoms with Gasteiger partial charge in [-0.2, -0.15) is 0 Å². The van der Waals surface area contributed by atoms with Gasteiger partial charge < -0.3 is 9.47 Å². The lowest BCUT2D eigenvalue weighted by Crippen LogP contribution is -2.39. The summed E-state index contributed by atoms with van der Waals surface area (Å²) in [6, 6.07) is 11.6. The minimum atomic E-state index is 0.000959. The van der Waals surface area contributed by atoms with Gasteiger partial charge in [0.1, 0.15) is 10.9 Å². The van der Waals surface area contributed by atoms with Gasteiger partial charge in [-0.05, 0) is 58.6 Å². The van der Waals surface area contributed by atoms with E-state index in [1.165, 1.54) is 18.2 Å². The molecule has 32 heavy (non-hydrogen) atoms. The van der Waals surface area contributed by atoms with Gasteiger partial charge >= 0.3 is 0 Å². The third-order valence-electron chi connectivity index (χ3n) is 5.64. The predicted molar refractivity (Wildman–Crippen MR) is 138 cm³/mol. The highest BCUT2D eigenvalue weighted by Gasteiger charge is 2.37. The molecule has 0 bridgehead atoms. The van der Waals surface area contributed by atoms with E-state index in [-0.39, 0.29) is 11.9 Å². The smallest absolute Gasteiger partial charge is 0.266 e. The van der Waals surface area contributed by atoms with Crippen LogP contribution in [0.4, 0.5) is 0 Å². The summed E-state index contributed by atoms with van der Waals surface area (Å²) in [6.07, 6.45) is 7.46. The summed E-state index contributed by atoms with van der Waals surface area (Å²) in [6.45, 7) is 0.314. The maximum Gasteiger partial charge on any atom is 0.266 e. The second-order valence-electron chi connectivity index (χ2n) is 7.76. The van der Waals surface area contributed by atoms with Crippen molar-refractivity contribution in [2.75, 3.05) is 7.11 Å². The Balaban J connectivity index is 1.55. The molecule has 0 radical (unpaired) electrons. The number of nitrogens with zero attached hydrogens (tertiary/aromatic N) is 1. The lowest BCUT2D eigenvalue weighted by Gasteiger charge is -2.29. The van der Waals surface area contributed by atoms with E-state index in [4.69, 9.17) is 33.3 Å². The molecule has 0 N–H and O–H groups in total. The summed E-state index contributed by atoms with van der Waals surface area (Å²) >= 11 is 16.7. The van der Waals surface area contributed by atoms with E-state index in [0.29, 0.717) is 32.4 Å². The predicted octanol–water partition coefficient (Wildman–Crippen LogP) is 7.22. The van der Waals surface area contributed by atoms with Crippen LogP contribution in [0.1, 0.15) is 43.2 Å². The number of carbonyl (C=O) groups excluding carboxylic acids is 1. The highest BCUT2D eigenvalue weighted by Crippen LogP contribution is 2.41. The number of methoxy groups -OCH3 is 1. The summed E-state index contributed by atoms with van der Waals surface area (Å²) < 4.78 is 13.0. The molecule has 1 heterocycles. The number of rotatable bonds is 6. The summed E-state index contributed by atoms with van der Waals surface area (Å²) in [5.74, 6) is 1.15. The molecular formula is C24H23BrClNO3S2. The standard InChI is InChI=1S/C24H23BrClNO3S2/c1-29-20-12-15(11-18(25)22(20)30-14-16-7-5-6-10-19(16)26)13-21-23(28)27(24(31)32-21)17-8-3-2-4-9-17/h5-7,10-13,17H,2-4,8-9,14H2,1H3/b21-13-. The number of carbonyl (C=O) groups is 1. The Bertz CT molecular complexity index is 1070. The Morgan fingerprint density at radius 1 is 1.25 bits per heavy atom. The molecule has 1 amide bonds. The van der Waals surface area contributed by atoms with Crippen LogP contribution in [0, 0.1) is 0 Å². The van der Waals surface area contributed by atoms with Crippen LogP contribution in [0.3, 0.4) is 0 Å². The van der Waals surface area contributed by atoms with E-state index in [1.54, 1.807) is 7.11 Å². The molecule has 1 aliphatic heterocycles. The van der Waals surface area contributed by atoms with Crippen LogP contribution >= 0.6 is 51.5 Å². The topological polar surface area (TPSA) is 38.8 Å². The fraction of sp³-hybridized carbons (Fsp3) is 0.333. The van der Waals surface area contributed by atoms with Gasteiger partial charge in [-0.1, -0.05) is 73.0 Å². The molecule has 4 rings (SSSR count). The number of ether oxygens (including phenoxy) is 2. The molecule has 1 saturated carbocycles. The molecular weight excluding hydrogens is 530 g/mol. The molecule has 1 saturated heterocycles. The second kappa shape index (κ2) is 10.6. The van der Waals surface area contributed by atoms with Crippen LogP contribution < -0.4 is 9.47 Å². The third-order valence-corrected chi connectivity index (χ3v) is 7.93. The van der Waals surface area contributed by atoms with Gasteiger partial charge in [0.25, 0.3) is 5.91 Å². The molecule has 168 valence electrons. The minimum absolute atomic E-state index is 0.000959. The van der Waals surface area contributed by atoms with Crippen molar-refractivity contribution in [1.82, 2.24) is 4.90 Å². The molecule has 2 aliphatic rings. The average molecular weight is 553 g/mol. The first-order valence-electron chi connectivity index (χ1n) is 10.5. The van der Waals surface area contributed by atoms with Crippen LogP contribution in [0.15, 0.2) is 45.8 Å². The van der Waals surface area contributed by atoms with Crippen LogP contribution in [-0.4, -0.2) is 28.3 Å². The molecule has 2 aromatic carbocycles. The van der Waals surface area contributed by atoms with Gasteiger partial charge in [0, 0.05) is 16.6 Å². The van der Waals surface area contributed by atoms with Crippen molar-refractivity contribution < 1.29 is 14.3 Å². The van der Waals surface area contributed by atoms with E-state index in [1.807, 2.05) is 47.4 Å². The van der Waals surface area contributed by atoms with Crippen LogP contribution in [-0.2, 0) is 11.4 Å². The zero-order valence-electron chi connectivity index (χ0n) is 17.6. The lowest BCUT2D eigenvalue weighted by molar-refractivity contribution is -0.124. The Morgan fingerprint density at radius 3 is 2.72 bits per heavy atom. The van der Waals surface area contributed by atoms with Gasteiger partial charge in [0.2, 0.25) is 0 Å². The molecule has 2 aromatic rings. The van der Waals surface area contributed by atoms with Crippen LogP contribution in [0.25, 0.3) is 6.08 Å². The lowest BCUT2D eigenvalue weighted by atomic mass is 9.94. The monoisotopic (exact) mass is 551 g/mol. The first-order valence-corrected chi connectivity index (χ1v) is 12.9. The van der Waals surface area contributed by atoms with Crippen molar-refractivity contribution in [3.05, 3.63) is 61.9 Å². The van der Waals surface area contributed by atoms with Gasteiger partial charge in [-0.25, -0.2) is 0 Å². The number of thioether (sulfide) groups is 1. The third kappa shape index (κ3) is 5.16. The van der Waals surface area contributed by atoms with Crippen molar-refractivity contribution in [3.63, 3.8) is 0 Å². The van der Waals surface area contributed by atoms with Crippen molar-refractivity contribution >= 4 is 67.8 Å². The van der Waals surface area contributed by atoms with Gasteiger partial charge in [-0.3, -0.25) is 9.69 Å². The first kappa shape index (κ1) is 23.6. The summed E-state index contributed by atoms with van der Waals surface area (Å²) in [5.41, 5.74) is 1.72. The molecule has 4 nitrogen and oxygen atoms in total. The van der Waals surface area contributed by atoms with Gasteiger partial charge in [-0.15, -0.1) is 0 Å². The van der Waals surface area contributed by atoms with Crippen molar-refractivity contribution in [3.8, 4) is 11.5 Å². The fourth-order valence-electron chi connectivity index (χ4n) is 4.01. The summed E-state index contributed by atoms with van der Waals surface area (Å²) in [7, 11) is 1.59. The number of hydrogen-bond acceptors (Lipinski definition) is 5. The molecule has 0 aromatic heterocycles. The van der Waals surface area contributed by atoms with Crippen LogP contribution in [0.5, 0.6) is 11.5 Å². The van der Waals surface area contributed by atoms with E-state index in [0.717, 1.165) is 41.3 Å². The Hall–Kier alpha value is -1.54. The zero-order valence-corrected chi connectivity index (χ0v) is 21.6. The Labute approximate surface area is 211 Å². The second-order valence-corrected chi connectivity index (χ2v) is 10.7. The first-order chi connectivity index (χ1) is 15.5. The van der Waals surface area contributed by atoms with Gasteiger partial charge in [0.15, 0.2) is 11.5 Å². The quantitative estimate of drug-likeness (QED) is 0.279. The van der Waals surface area contributed by atoms with E-state index >= 15 is 0 Å². The number of hydrogen-bond donors (Lipinski definition) is 0. The number of benzene rings is 2. The zero-order chi connectivity index (χ0) is 22.7. The molecule has 2 fully saturated rings. The van der Waals surface area contributed by atoms with Crippen LogP contribution in [0.2, 0.25) is 5.02 Å². The number of amides is 1. The van der Waals surface area contributed by atoms with Gasteiger partial charge in [0.05, 0.1) is 16.5 Å². The average Bonchev–Trinajstić information content (AvgIpc) is 3.07. The molecule has 0 atom stereocenters. The summed E-state index contributed by atoms with van der Waals surface area (Å²) in [4.78, 5) is 15.5. The fourth-order valence-corrected chi connectivity index (χ4v) is 6.18. The molecule has 8 heteroatoms. The SMILES string of the molecule is COc1cc(/C=C2\SC(=S)N(C3CCCCC3)C2=O)cc(Br)c1OCc1ccccc1Cl. The van der Waals surface area contributed by atoms with Crippen molar-refractivity contribution in [2.45, 2.75) is 44.8 Å². The molecule has 1 aliphatic carbocycles. The highest BCUT2D eigenvalue weighted by atomic mass is 79.9. The maximum absolute atomic E-state index is 13.1. The van der Waals surface area contributed by atoms with E-state index in [2.05, 4.69) is 15.9 Å². The van der Waals surface area contributed by atoms with E-state index < -0.39 is 0 Å². The largest absolute Gasteiger partial charge is 0.493 e. The molecule has 0 unspecified atom stereocenters. The minimum Gasteiger partial charge on any atom is -0.493 e. The van der Waals surface area contributed by atoms with Crippen molar-refractivity contribution in [1.29, 1.82) is 0 Å². The van der Waals surface area contributed by atoms with E-state index in [9.17, 15) is 4.79 Å². The normalized spacial score (nSPS) is 18.5. The number of thiocarbonyl (C=S) groups is 1. The maximum atomic E-state index is 13.1. The Morgan fingerprint density at radius 2 is 2.00 bits per heavy atom. The number of halogens is 2. The molecule has 0 spiro atoms. The summed E-state index contributed by atoms with van der Waals surface area (Å²) in [5, 5.41) is 0.652. The van der Waals surface area contributed by atoms with Crippen molar-refractivity contribution in [2.24, 2.45) is 0 Å². The Kier molecular flexibility index (Phi) is 7.82.